The van der Waals surface area contributed by atoms with E-state index in [9.17, 15) is 5.11 Å². The molecule has 0 fully saturated rings. The van der Waals surface area contributed by atoms with E-state index >= 15 is 0 Å². The van der Waals surface area contributed by atoms with E-state index in [0.717, 1.165) is 27.1 Å². The third-order valence-electron chi connectivity index (χ3n) is 4.45. The first-order valence-electron chi connectivity index (χ1n) is 9.12. The third kappa shape index (κ3) is 3.39. The van der Waals surface area contributed by atoms with E-state index in [1.165, 1.54) is 4.88 Å². The molecule has 5 nitrogen and oxygen atoms in total. The average Bonchev–Trinajstić information content (AvgIpc) is 3.00. The molecule has 0 atom stereocenters. The van der Waals surface area contributed by atoms with Crippen LogP contribution in [0, 0.1) is 13.8 Å². The minimum absolute atomic E-state index is 0.182. The molecule has 2 aromatic carbocycles. The molecule has 2 N–H and O–H groups in total. The number of para-hydroxylation sites is 2. The highest BCUT2D eigenvalue weighted by molar-refractivity contribution is 7.19. The second-order valence-corrected chi connectivity index (χ2v) is 7.64. The lowest BCUT2D eigenvalue weighted by Gasteiger charge is -2.11. The highest BCUT2D eigenvalue weighted by Crippen LogP contribution is 2.42. The molecule has 28 heavy (non-hydrogen) atoms. The van der Waals surface area contributed by atoms with Crippen molar-refractivity contribution in [3.63, 3.8) is 0 Å². The fraction of sp³-hybridized carbons (Fsp3) is 0.182. The number of rotatable bonds is 5. The first kappa shape index (κ1) is 18.3. The third-order valence-corrected chi connectivity index (χ3v) is 5.45. The molecule has 0 unspecified atom stereocenters. The van der Waals surface area contributed by atoms with Crippen LogP contribution in [0.5, 0.6) is 11.5 Å². The van der Waals surface area contributed by atoms with Crippen molar-refractivity contribution in [1.29, 1.82) is 0 Å². The van der Waals surface area contributed by atoms with Gasteiger partial charge in [0.15, 0.2) is 0 Å². The molecule has 0 bridgehead atoms. The van der Waals surface area contributed by atoms with Crippen molar-refractivity contribution in [2.45, 2.75) is 20.8 Å². The molecule has 4 aromatic rings. The van der Waals surface area contributed by atoms with Crippen LogP contribution in [-0.2, 0) is 0 Å². The lowest BCUT2D eigenvalue weighted by molar-refractivity contribution is 0.340. The summed E-state index contributed by atoms with van der Waals surface area (Å²) in [5, 5.41) is 14.4. The Morgan fingerprint density at radius 1 is 1.04 bits per heavy atom. The molecule has 0 aliphatic rings. The summed E-state index contributed by atoms with van der Waals surface area (Å²) in [6.07, 6.45) is 0. The van der Waals surface area contributed by atoms with Crippen LogP contribution in [0.3, 0.4) is 0 Å². The Morgan fingerprint density at radius 3 is 2.50 bits per heavy atom. The number of aryl methyl sites for hydroxylation is 2. The number of anilines is 2. The van der Waals surface area contributed by atoms with Crippen molar-refractivity contribution < 1.29 is 9.84 Å². The van der Waals surface area contributed by atoms with Gasteiger partial charge < -0.3 is 15.2 Å². The normalized spacial score (nSPS) is 11.0. The fourth-order valence-electron chi connectivity index (χ4n) is 3.25. The molecule has 4 rings (SSSR count). The van der Waals surface area contributed by atoms with E-state index < -0.39 is 0 Å². The number of aromatic hydroxyl groups is 1. The molecule has 0 spiro atoms. The van der Waals surface area contributed by atoms with Crippen LogP contribution in [0.15, 0.2) is 48.5 Å². The van der Waals surface area contributed by atoms with E-state index in [0.29, 0.717) is 23.9 Å². The molecule has 0 amide bonds. The number of phenolic OH excluding ortho intramolecular Hbond substituents is 1. The zero-order chi connectivity index (χ0) is 19.7. The Hall–Kier alpha value is -3.12. The number of nitrogens with zero attached hydrogens (tertiary/aromatic N) is 2. The zero-order valence-electron chi connectivity index (χ0n) is 16.0. The molecule has 0 aliphatic heterocycles. The molecule has 0 saturated heterocycles. The number of ether oxygens (including phenoxy) is 1. The van der Waals surface area contributed by atoms with E-state index in [2.05, 4.69) is 34.3 Å². The smallest absolute Gasteiger partial charge is 0.143 e. The van der Waals surface area contributed by atoms with Crippen LogP contribution in [0.2, 0.25) is 0 Å². The summed E-state index contributed by atoms with van der Waals surface area (Å²) in [6.45, 7) is 6.58. The number of nitrogens with one attached hydrogen (secondary N) is 1. The van der Waals surface area contributed by atoms with E-state index in [4.69, 9.17) is 4.74 Å². The van der Waals surface area contributed by atoms with Gasteiger partial charge in [-0.1, -0.05) is 24.3 Å². The van der Waals surface area contributed by atoms with Crippen molar-refractivity contribution in [3.05, 3.63) is 59.2 Å². The van der Waals surface area contributed by atoms with E-state index in [1.54, 1.807) is 23.5 Å². The maximum absolute atomic E-state index is 10.2. The van der Waals surface area contributed by atoms with Gasteiger partial charge in [0, 0.05) is 10.4 Å². The van der Waals surface area contributed by atoms with Crippen LogP contribution in [0.25, 0.3) is 21.3 Å². The van der Waals surface area contributed by atoms with E-state index in [-0.39, 0.29) is 5.75 Å². The lowest BCUT2D eigenvalue weighted by Crippen LogP contribution is -1.98. The summed E-state index contributed by atoms with van der Waals surface area (Å²) in [5.74, 6) is 2.41. The molecular weight excluding hydrogens is 370 g/mol. The SMILES string of the molecule is CCOc1ccc(-c2c(C)sc3nc(C)nc(Nc4ccccc4O)c23)cc1. The van der Waals surface area contributed by atoms with Crippen molar-refractivity contribution >= 4 is 33.1 Å². The highest BCUT2D eigenvalue weighted by atomic mass is 32.1. The van der Waals surface area contributed by atoms with Gasteiger partial charge in [0.1, 0.15) is 28.0 Å². The molecule has 2 aromatic heterocycles. The van der Waals surface area contributed by atoms with Gasteiger partial charge in [-0.05, 0) is 50.6 Å². The van der Waals surface area contributed by atoms with Gasteiger partial charge >= 0.3 is 0 Å². The standard InChI is InChI=1S/C22H21N3O2S/c1-4-27-16-11-9-15(10-12-16)19-13(2)28-22-20(19)21(23-14(3)24-22)25-17-7-5-6-8-18(17)26/h5-12,26H,4H2,1-3H3,(H,23,24,25). The maximum Gasteiger partial charge on any atom is 0.143 e. The summed E-state index contributed by atoms with van der Waals surface area (Å²) in [4.78, 5) is 11.4. The van der Waals surface area contributed by atoms with E-state index in [1.807, 2.05) is 38.1 Å². The van der Waals surface area contributed by atoms with Crippen LogP contribution in [-0.4, -0.2) is 21.7 Å². The molecule has 0 saturated carbocycles. The van der Waals surface area contributed by atoms with Gasteiger partial charge in [-0.3, -0.25) is 0 Å². The second kappa shape index (κ2) is 7.48. The Bertz CT molecular complexity index is 1140. The quantitative estimate of drug-likeness (QED) is 0.419. The molecule has 0 radical (unpaired) electrons. The monoisotopic (exact) mass is 391 g/mol. The second-order valence-electron chi connectivity index (χ2n) is 6.43. The van der Waals surface area contributed by atoms with Crippen molar-refractivity contribution in [2.75, 3.05) is 11.9 Å². The van der Waals surface area contributed by atoms with Crippen molar-refractivity contribution in [1.82, 2.24) is 9.97 Å². The van der Waals surface area contributed by atoms with Crippen LogP contribution < -0.4 is 10.1 Å². The minimum atomic E-state index is 0.182. The first-order chi connectivity index (χ1) is 13.6. The van der Waals surface area contributed by atoms with Gasteiger partial charge in [-0.2, -0.15) is 0 Å². The zero-order valence-corrected chi connectivity index (χ0v) is 16.8. The summed E-state index contributed by atoms with van der Waals surface area (Å²) in [7, 11) is 0. The Morgan fingerprint density at radius 2 is 1.79 bits per heavy atom. The topological polar surface area (TPSA) is 67.3 Å². The van der Waals surface area contributed by atoms with Crippen LogP contribution >= 0.6 is 11.3 Å². The van der Waals surface area contributed by atoms with Crippen molar-refractivity contribution in [3.8, 4) is 22.6 Å². The summed E-state index contributed by atoms with van der Waals surface area (Å²) < 4.78 is 5.57. The van der Waals surface area contributed by atoms with Crippen LogP contribution in [0.1, 0.15) is 17.6 Å². The minimum Gasteiger partial charge on any atom is -0.506 e. The van der Waals surface area contributed by atoms with Gasteiger partial charge in [-0.15, -0.1) is 11.3 Å². The molecular formula is C22H21N3O2S. The maximum atomic E-state index is 10.2. The first-order valence-corrected chi connectivity index (χ1v) is 9.94. The number of thiophene rings is 1. The van der Waals surface area contributed by atoms with Crippen LogP contribution in [0.4, 0.5) is 11.5 Å². The highest BCUT2D eigenvalue weighted by Gasteiger charge is 2.18. The number of fused-ring (bicyclic) bond motifs is 1. The number of benzene rings is 2. The lowest BCUT2D eigenvalue weighted by atomic mass is 10.0. The molecule has 142 valence electrons. The summed E-state index contributed by atoms with van der Waals surface area (Å²) in [6, 6.07) is 15.2. The largest absolute Gasteiger partial charge is 0.506 e. The van der Waals surface area contributed by atoms with Gasteiger partial charge in [0.05, 0.1) is 17.7 Å². The number of aromatic nitrogens is 2. The van der Waals surface area contributed by atoms with Gasteiger partial charge in [0.2, 0.25) is 0 Å². The molecule has 2 heterocycles. The summed E-state index contributed by atoms with van der Waals surface area (Å²) >= 11 is 1.65. The van der Waals surface area contributed by atoms with Gasteiger partial charge in [-0.25, -0.2) is 9.97 Å². The predicted molar refractivity (Wildman–Crippen MR) is 115 cm³/mol. The number of hydrogen-bond donors (Lipinski definition) is 2. The van der Waals surface area contributed by atoms with Gasteiger partial charge in [0.25, 0.3) is 0 Å². The molecule has 6 heteroatoms. The van der Waals surface area contributed by atoms with Crippen molar-refractivity contribution in [2.24, 2.45) is 0 Å². The summed E-state index contributed by atoms with van der Waals surface area (Å²) in [5.41, 5.74) is 2.80. The average molecular weight is 391 g/mol. The Labute approximate surface area is 167 Å². The number of phenols is 1. The Balaban J connectivity index is 1.87. The Kier molecular flexibility index (Phi) is 4.88. The fourth-order valence-corrected chi connectivity index (χ4v) is 4.34. The number of hydrogen-bond acceptors (Lipinski definition) is 6. The molecule has 0 aliphatic carbocycles. The predicted octanol–water partition coefficient (Wildman–Crippen LogP) is 5.82.